The summed E-state index contributed by atoms with van der Waals surface area (Å²) < 4.78 is 13.7. The van der Waals surface area contributed by atoms with Crippen molar-refractivity contribution in [3.8, 4) is 5.75 Å². The minimum absolute atomic E-state index is 0.301. The van der Waals surface area contributed by atoms with Gasteiger partial charge in [0.2, 0.25) is 0 Å². The first-order chi connectivity index (χ1) is 6.20. The molecule has 0 heterocycles. The van der Waals surface area contributed by atoms with Crippen molar-refractivity contribution in [3.63, 3.8) is 0 Å². The molecule has 0 aliphatic rings. The summed E-state index contributed by atoms with van der Waals surface area (Å²) in [7, 11) is 0. The number of hydrogen-bond donors (Lipinski definition) is 1. The van der Waals surface area contributed by atoms with E-state index >= 15 is 0 Å². The van der Waals surface area contributed by atoms with Crippen molar-refractivity contribution in [1.82, 2.24) is 0 Å². The first kappa shape index (κ1) is 8.51. The van der Waals surface area contributed by atoms with Gasteiger partial charge in [0.1, 0.15) is 0 Å². The van der Waals surface area contributed by atoms with E-state index in [9.17, 15) is 9.50 Å². The average Bonchev–Trinajstić information content (AvgIpc) is 2.12. The highest BCUT2D eigenvalue weighted by atomic mass is 79.9. The van der Waals surface area contributed by atoms with Crippen molar-refractivity contribution >= 4 is 26.7 Å². The van der Waals surface area contributed by atoms with Crippen LogP contribution in [0.2, 0.25) is 0 Å². The van der Waals surface area contributed by atoms with Gasteiger partial charge in [0.05, 0.1) is 0 Å². The van der Waals surface area contributed by atoms with Gasteiger partial charge in [-0.05, 0) is 17.5 Å². The van der Waals surface area contributed by atoms with Gasteiger partial charge in [-0.3, -0.25) is 0 Å². The summed E-state index contributed by atoms with van der Waals surface area (Å²) in [4.78, 5) is 0. The molecule has 0 aromatic heterocycles. The lowest BCUT2D eigenvalue weighted by Gasteiger charge is -2.03. The van der Waals surface area contributed by atoms with E-state index in [1.54, 1.807) is 12.1 Å². The molecule has 2 aromatic rings. The van der Waals surface area contributed by atoms with Crippen molar-refractivity contribution in [1.29, 1.82) is 0 Å². The second-order valence-corrected chi connectivity index (χ2v) is 3.59. The van der Waals surface area contributed by atoms with E-state index in [0.29, 0.717) is 9.86 Å². The Morgan fingerprint density at radius 3 is 2.69 bits per heavy atom. The number of halogens is 2. The Morgan fingerprint density at radius 1 is 1.15 bits per heavy atom. The second kappa shape index (κ2) is 3.00. The van der Waals surface area contributed by atoms with Gasteiger partial charge in [-0.2, -0.15) is 0 Å². The van der Waals surface area contributed by atoms with Crippen LogP contribution >= 0.6 is 15.9 Å². The SMILES string of the molecule is Oc1c(F)ccc2cccc(Br)c12. The van der Waals surface area contributed by atoms with Gasteiger partial charge in [-0.1, -0.05) is 34.1 Å². The molecule has 0 aliphatic heterocycles. The van der Waals surface area contributed by atoms with E-state index in [1.807, 2.05) is 12.1 Å². The maximum atomic E-state index is 13.0. The van der Waals surface area contributed by atoms with Crippen LogP contribution in [0.15, 0.2) is 34.8 Å². The molecule has 2 aromatic carbocycles. The van der Waals surface area contributed by atoms with Crippen LogP contribution in [-0.2, 0) is 0 Å². The van der Waals surface area contributed by atoms with E-state index in [2.05, 4.69) is 15.9 Å². The van der Waals surface area contributed by atoms with Crippen LogP contribution in [0.5, 0.6) is 5.75 Å². The van der Waals surface area contributed by atoms with Crippen molar-refractivity contribution in [2.24, 2.45) is 0 Å². The normalized spacial score (nSPS) is 10.6. The van der Waals surface area contributed by atoms with E-state index in [1.165, 1.54) is 6.07 Å². The maximum Gasteiger partial charge on any atom is 0.165 e. The standard InChI is InChI=1S/C10H6BrFO/c11-7-3-1-2-6-4-5-8(12)10(13)9(6)7/h1-5,13H. The van der Waals surface area contributed by atoms with Gasteiger partial charge < -0.3 is 5.11 Å². The molecule has 0 aliphatic carbocycles. The fraction of sp³-hybridized carbons (Fsp3) is 0. The molecule has 1 N–H and O–H groups in total. The zero-order valence-electron chi connectivity index (χ0n) is 6.59. The fourth-order valence-electron chi connectivity index (χ4n) is 1.29. The number of rotatable bonds is 0. The summed E-state index contributed by atoms with van der Waals surface area (Å²) in [6.07, 6.45) is 0. The fourth-order valence-corrected chi connectivity index (χ4v) is 1.86. The predicted octanol–water partition coefficient (Wildman–Crippen LogP) is 3.45. The Balaban J connectivity index is 2.97. The number of hydrogen-bond acceptors (Lipinski definition) is 1. The molecule has 0 amide bonds. The van der Waals surface area contributed by atoms with E-state index < -0.39 is 5.82 Å². The van der Waals surface area contributed by atoms with Crippen LogP contribution in [0.1, 0.15) is 0 Å². The Hall–Kier alpha value is -1.09. The number of benzene rings is 2. The Morgan fingerprint density at radius 2 is 1.92 bits per heavy atom. The van der Waals surface area contributed by atoms with Crippen LogP contribution in [0.3, 0.4) is 0 Å². The highest BCUT2D eigenvalue weighted by Crippen LogP contribution is 2.33. The van der Waals surface area contributed by atoms with E-state index in [4.69, 9.17) is 0 Å². The molecular weight excluding hydrogens is 235 g/mol. The first-order valence-electron chi connectivity index (χ1n) is 3.76. The first-order valence-corrected chi connectivity index (χ1v) is 4.55. The summed E-state index contributed by atoms with van der Waals surface area (Å²) in [6, 6.07) is 8.31. The lowest BCUT2D eigenvalue weighted by atomic mass is 10.1. The quantitative estimate of drug-likeness (QED) is 0.748. The molecule has 3 heteroatoms. The van der Waals surface area contributed by atoms with Crippen LogP contribution in [-0.4, -0.2) is 5.11 Å². The van der Waals surface area contributed by atoms with Crippen LogP contribution in [0.4, 0.5) is 4.39 Å². The smallest absolute Gasteiger partial charge is 0.165 e. The molecule has 0 saturated carbocycles. The monoisotopic (exact) mass is 240 g/mol. The van der Waals surface area contributed by atoms with Crippen LogP contribution < -0.4 is 0 Å². The molecule has 13 heavy (non-hydrogen) atoms. The summed E-state index contributed by atoms with van der Waals surface area (Å²) in [5.74, 6) is -0.899. The number of phenolic OH excluding ortho intramolecular Hbond substituents is 1. The third-order valence-electron chi connectivity index (χ3n) is 1.92. The zero-order valence-corrected chi connectivity index (χ0v) is 8.18. The van der Waals surface area contributed by atoms with Crippen LogP contribution in [0.25, 0.3) is 10.8 Å². The predicted molar refractivity (Wildman–Crippen MR) is 53.3 cm³/mol. The highest BCUT2D eigenvalue weighted by molar-refractivity contribution is 9.10. The number of fused-ring (bicyclic) bond motifs is 1. The molecule has 0 unspecified atom stereocenters. The third-order valence-corrected chi connectivity index (χ3v) is 2.58. The molecule has 2 rings (SSSR count). The topological polar surface area (TPSA) is 20.2 Å². The largest absolute Gasteiger partial charge is 0.504 e. The van der Waals surface area contributed by atoms with Gasteiger partial charge in [0, 0.05) is 9.86 Å². The van der Waals surface area contributed by atoms with Gasteiger partial charge in [0.25, 0.3) is 0 Å². The molecule has 0 bridgehead atoms. The number of phenols is 1. The minimum atomic E-state index is -0.598. The lowest BCUT2D eigenvalue weighted by molar-refractivity contribution is 0.438. The maximum absolute atomic E-state index is 13.0. The van der Waals surface area contributed by atoms with Gasteiger partial charge in [0.15, 0.2) is 11.6 Å². The third kappa shape index (κ3) is 1.29. The van der Waals surface area contributed by atoms with E-state index in [0.717, 1.165) is 5.39 Å². The molecule has 0 saturated heterocycles. The van der Waals surface area contributed by atoms with Crippen molar-refractivity contribution in [3.05, 3.63) is 40.6 Å². The van der Waals surface area contributed by atoms with Gasteiger partial charge in [-0.25, -0.2) is 4.39 Å². The summed E-state index contributed by atoms with van der Waals surface area (Å²) in [6.45, 7) is 0. The zero-order chi connectivity index (χ0) is 9.42. The number of aromatic hydroxyl groups is 1. The molecule has 1 nitrogen and oxygen atoms in total. The lowest BCUT2D eigenvalue weighted by Crippen LogP contribution is -1.80. The van der Waals surface area contributed by atoms with Crippen molar-refractivity contribution in [2.75, 3.05) is 0 Å². The van der Waals surface area contributed by atoms with E-state index in [-0.39, 0.29) is 5.75 Å². The average molecular weight is 241 g/mol. The molecular formula is C10H6BrFO. The highest BCUT2D eigenvalue weighted by Gasteiger charge is 2.07. The summed E-state index contributed by atoms with van der Waals surface area (Å²) in [5, 5.41) is 10.8. The Kier molecular flexibility index (Phi) is 1.96. The minimum Gasteiger partial charge on any atom is -0.504 e. The summed E-state index contributed by atoms with van der Waals surface area (Å²) in [5.41, 5.74) is 0. The molecule has 66 valence electrons. The second-order valence-electron chi connectivity index (χ2n) is 2.73. The molecule has 0 atom stereocenters. The van der Waals surface area contributed by atoms with Crippen molar-refractivity contribution < 1.29 is 9.50 Å². The molecule has 0 fully saturated rings. The van der Waals surface area contributed by atoms with Crippen molar-refractivity contribution in [2.45, 2.75) is 0 Å². The molecule has 0 radical (unpaired) electrons. The summed E-state index contributed by atoms with van der Waals surface area (Å²) >= 11 is 3.26. The van der Waals surface area contributed by atoms with Crippen LogP contribution in [0, 0.1) is 5.82 Å². The molecule has 0 spiro atoms. The Bertz CT molecular complexity index is 468. The van der Waals surface area contributed by atoms with Gasteiger partial charge >= 0.3 is 0 Å². The Labute approximate surface area is 82.9 Å². The van der Waals surface area contributed by atoms with Gasteiger partial charge in [-0.15, -0.1) is 0 Å².